The molecule has 0 N–H and O–H groups in total. The first kappa shape index (κ1) is 20.6. The highest BCUT2D eigenvalue weighted by molar-refractivity contribution is 6.30. The summed E-state index contributed by atoms with van der Waals surface area (Å²) in [5, 5.41) is 0.746. The molecule has 1 heterocycles. The lowest BCUT2D eigenvalue weighted by atomic mass is 10.00. The topological polar surface area (TPSA) is 23.6 Å². The Labute approximate surface area is 181 Å². The van der Waals surface area contributed by atoms with Crippen molar-refractivity contribution in [2.45, 2.75) is 25.4 Å². The van der Waals surface area contributed by atoms with Crippen LogP contribution in [0.15, 0.2) is 78.9 Å². The van der Waals surface area contributed by atoms with Gasteiger partial charge in [0.25, 0.3) is 5.91 Å². The summed E-state index contributed by atoms with van der Waals surface area (Å²) < 4.78 is 13.3. The van der Waals surface area contributed by atoms with Crippen LogP contribution in [0.3, 0.4) is 0 Å². The highest BCUT2D eigenvalue weighted by atomic mass is 35.5. The van der Waals surface area contributed by atoms with Crippen molar-refractivity contribution in [3.63, 3.8) is 0 Å². The van der Waals surface area contributed by atoms with Crippen LogP contribution in [0.2, 0.25) is 5.02 Å². The molecule has 0 radical (unpaired) electrons. The average Bonchev–Trinajstić information content (AvgIpc) is 2.78. The van der Waals surface area contributed by atoms with E-state index in [-0.39, 0.29) is 17.8 Å². The Hall–Kier alpha value is -2.69. The fourth-order valence-corrected chi connectivity index (χ4v) is 4.12. The van der Waals surface area contributed by atoms with Gasteiger partial charge < -0.3 is 4.90 Å². The number of hydrogen-bond acceptors (Lipinski definition) is 2. The normalized spacial score (nSPS) is 15.1. The van der Waals surface area contributed by atoms with Gasteiger partial charge in [0, 0.05) is 41.9 Å². The zero-order chi connectivity index (χ0) is 20.9. The number of carbonyl (C=O) groups excluding carboxylic acids is 1. The number of hydrogen-bond donors (Lipinski definition) is 0. The average molecular weight is 423 g/mol. The lowest BCUT2D eigenvalue weighted by Crippen LogP contribution is -2.47. The first-order valence-electron chi connectivity index (χ1n) is 10.2. The van der Waals surface area contributed by atoms with E-state index in [0.717, 1.165) is 43.2 Å². The van der Waals surface area contributed by atoms with Gasteiger partial charge in [-0.1, -0.05) is 41.9 Å². The van der Waals surface area contributed by atoms with E-state index in [0.29, 0.717) is 5.56 Å². The van der Waals surface area contributed by atoms with Crippen LogP contribution in [0, 0.1) is 5.82 Å². The number of para-hydroxylation sites is 1. The third-order valence-electron chi connectivity index (χ3n) is 5.59. The van der Waals surface area contributed by atoms with E-state index in [9.17, 15) is 9.18 Å². The quantitative estimate of drug-likeness (QED) is 0.519. The third-order valence-corrected chi connectivity index (χ3v) is 5.84. The number of amides is 1. The fourth-order valence-electron chi connectivity index (χ4n) is 4.00. The third kappa shape index (κ3) is 4.89. The van der Waals surface area contributed by atoms with Crippen LogP contribution in [0.1, 0.15) is 28.8 Å². The molecule has 1 fully saturated rings. The fraction of sp³-hybridized carbons (Fsp3) is 0.240. The van der Waals surface area contributed by atoms with Crippen molar-refractivity contribution in [2.75, 3.05) is 18.0 Å². The first-order chi connectivity index (χ1) is 14.6. The minimum atomic E-state index is -0.340. The molecule has 0 aliphatic carbocycles. The second kappa shape index (κ2) is 9.41. The molecule has 4 rings (SSSR count). The minimum absolute atomic E-state index is 0.0858. The highest BCUT2D eigenvalue weighted by Gasteiger charge is 2.29. The Kier molecular flexibility index (Phi) is 6.46. The molecule has 5 heteroatoms. The van der Waals surface area contributed by atoms with Crippen LogP contribution < -0.4 is 4.90 Å². The van der Waals surface area contributed by atoms with Gasteiger partial charge in [-0.25, -0.2) is 4.39 Å². The van der Waals surface area contributed by atoms with Gasteiger partial charge in [0.05, 0.1) is 0 Å². The van der Waals surface area contributed by atoms with E-state index in [4.69, 9.17) is 11.6 Å². The van der Waals surface area contributed by atoms with E-state index in [2.05, 4.69) is 17.0 Å². The number of benzene rings is 3. The van der Waals surface area contributed by atoms with Crippen LogP contribution in [-0.4, -0.2) is 29.9 Å². The van der Waals surface area contributed by atoms with E-state index >= 15 is 0 Å². The second-order valence-electron chi connectivity index (χ2n) is 7.65. The Morgan fingerprint density at radius 2 is 1.57 bits per heavy atom. The summed E-state index contributed by atoms with van der Waals surface area (Å²) in [5.41, 5.74) is 2.62. The monoisotopic (exact) mass is 422 g/mol. The molecule has 0 saturated carbocycles. The smallest absolute Gasteiger partial charge is 0.258 e. The van der Waals surface area contributed by atoms with E-state index in [1.54, 1.807) is 12.1 Å². The summed E-state index contributed by atoms with van der Waals surface area (Å²) in [6.45, 7) is 2.70. The van der Waals surface area contributed by atoms with Crippen LogP contribution in [0.4, 0.5) is 10.1 Å². The van der Waals surface area contributed by atoms with Gasteiger partial charge >= 0.3 is 0 Å². The first-order valence-corrected chi connectivity index (χ1v) is 10.6. The van der Waals surface area contributed by atoms with Gasteiger partial charge in [-0.05, 0) is 66.9 Å². The number of piperidine rings is 1. The van der Waals surface area contributed by atoms with Crippen molar-refractivity contribution in [3.8, 4) is 0 Å². The molecular weight excluding hydrogens is 399 g/mol. The summed E-state index contributed by atoms with van der Waals surface area (Å²) in [6.07, 6.45) is 1.77. The zero-order valence-corrected chi connectivity index (χ0v) is 17.4. The lowest BCUT2D eigenvalue weighted by Gasteiger charge is -2.38. The van der Waals surface area contributed by atoms with Gasteiger partial charge in [-0.15, -0.1) is 0 Å². The molecule has 0 atom stereocenters. The van der Waals surface area contributed by atoms with Gasteiger partial charge in [0.15, 0.2) is 0 Å². The van der Waals surface area contributed by atoms with Crippen LogP contribution >= 0.6 is 11.6 Å². The maximum Gasteiger partial charge on any atom is 0.258 e. The Morgan fingerprint density at radius 3 is 2.20 bits per heavy atom. The lowest BCUT2D eigenvalue weighted by molar-refractivity contribution is 0.0958. The number of carbonyl (C=O) groups is 1. The molecule has 0 spiro atoms. The van der Waals surface area contributed by atoms with Gasteiger partial charge in [-0.3, -0.25) is 9.69 Å². The molecule has 0 bridgehead atoms. The second-order valence-corrected chi connectivity index (χ2v) is 8.09. The number of likely N-dealkylation sites (tertiary alicyclic amines) is 1. The highest BCUT2D eigenvalue weighted by Crippen LogP contribution is 2.26. The van der Waals surface area contributed by atoms with Gasteiger partial charge in [-0.2, -0.15) is 0 Å². The molecule has 3 aromatic carbocycles. The molecule has 3 aromatic rings. The van der Waals surface area contributed by atoms with Gasteiger partial charge in [0.1, 0.15) is 5.82 Å². The Balaban J connectivity index is 1.49. The SMILES string of the molecule is O=C(c1ccc(F)cc1)N(c1ccccc1)C1CCN(Cc2ccc(Cl)cc2)CC1. The van der Waals surface area contributed by atoms with Crippen LogP contribution in [0.25, 0.3) is 0 Å². The summed E-state index contributed by atoms with van der Waals surface area (Å²) in [5.74, 6) is -0.425. The van der Waals surface area contributed by atoms with Crippen LogP contribution in [-0.2, 0) is 6.54 Å². The summed E-state index contributed by atoms with van der Waals surface area (Å²) in [4.78, 5) is 17.6. The predicted octanol–water partition coefficient (Wildman–Crippen LogP) is 5.79. The molecule has 1 aliphatic heterocycles. The molecule has 1 amide bonds. The number of rotatable bonds is 5. The molecular formula is C25H24ClFN2O. The van der Waals surface area contributed by atoms with Gasteiger partial charge in [0.2, 0.25) is 0 Å². The summed E-state index contributed by atoms with van der Waals surface area (Å²) >= 11 is 5.98. The number of anilines is 1. The Bertz CT molecular complexity index is 968. The van der Waals surface area contributed by atoms with Crippen molar-refractivity contribution in [2.24, 2.45) is 0 Å². The minimum Gasteiger partial charge on any atom is -0.305 e. The molecule has 0 unspecified atom stereocenters. The number of nitrogens with zero attached hydrogens (tertiary/aromatic N) is 2. The predicted molar refractivity (Wildman–Crippen MR) is 119 cm³/mol. The van der Waals surface area contributed by atoms with Crippen molar-refractivity contribution < 1.29 is 9.18 Å². The standard InChI is InChI=1S/C25H24ClFN2O/c26-21-10-6-19(7-11-21)18-28-16-14-24(15-17-28)29(23-4-2-1-3-5-23)25(30)20-8-12-22(27)13-9-20/h1-13,24H,14-18H2. The summed E-state index contributed by atoms with van der Waals surface area (Å²) in [7, 11) is 0. The molecule has 1 saturated heterocycles. The van der Waals surface area contributed by atoms with E-state index in [1.165, 1.54) is 17.7 Å². The maximum atomic E-state index is 13.3. The molecule has 154 valence electrons. The van der Waals surface area contributed by atoms with E-state index in [1.807, 2.05) is 47.4 Å². The Morgan fingerprint density at radius 1 is 0.933 bits per heavy atom. The van der Waals surface area contributed by atoms with E-state index < -0.39 is 0 Å². The molecule has 1 aliphatic rings. The molecule has 30 heavy (non-hydrogen) atoms. The maximum absolute atomic E-state index is 13.3. The molecule has 3 nitrogen and oxygen atoms in total. The summed E-state index contributed by atoms with van der Waals surface area (Å²) in [6, 6.07) is 23.6. The van der Waals surface area contributed by atoms with Crippen molar-refractivity contribution in [3.05, 3.63) is 101 Å². The van der Waals surface area contributed by atoms with Crippen LogP contribution in [0.5, 0.6) is 0 Å². The van der Waals surface area contributed by atoms with Crippen molar-refractivity contribution in [1.82, 2.24) is 4.90 Å². The molecule has 0 aromatic heterocycles. The van der Waals surface area contributed by atoms with Crippen molar-refractivity contribution in [1.29, 1.82) is 0 Å². The van der Waals surface area contributed by atoms with Crippen molar-refractivity contribution >= 4 is 23.2 Å². The zero-order valence-electron chi connectivity index (χ0n) is 16.7. The largest absolute Gasteiger partial charge is 0.305 e. The number of halogens is 2.